The van der Waals surface area contributed by atoms with Gasteiger partial charge >= 0.3 is 0 Å². The lowest BCUT2D eigenvalue weighted by molar-refractivity contribution is 0.373. The van der Waals surface area contributed by atoms with Gasteiger partial charge in [0.15, 0.2) is 11.5 Å². The summed E-state index contributed by atoms with van der Waals surface area (Å²) < 4.78 is 29.7. The first-order chi connectivity index (χ1) is 10.4. The maximum absolute atomic E-state index is 12.0. The highest BCUT2D eigenvalue weighted by molar-refractivity contribution is 9.10. The van der Waals surface area contributed by atoms with E-state index in [1.54, 1.807) is 24.3 Å². The number of benzene rings is 2. The molecule has 2 rings (SSSR count). The van der Waals surface area contributed by atoms with Crippen LogP contribution in [0.15, 0.2) is 56.9 Å². The fourth-order valence-electron chi connectivity index (χ4n) is 1.62. The standard InChI is InChI=1S/C14H13BrN2O4S/c1-21-14-7-2-10(8-13(14)18)9-16-17-22(19,20)12-5-3-11(15)4-6-12/h2-9,17-18H,1H3/b16-9-. The zero-order valence-electron chi connectivity index (χ0n) is 11.5. The molecule has 0 aliphatic heterocycles. The number of sulfonamides is 1. The highest BCUT2D eigenvalue weighted by atomic mass is 79.9. The van der Waals surface area contributed by atoms with Crippen LogP contribution in [-0.2, 0) is 10.0 Å². The molecule has 6 nitrogen and oxygen atoms in total. The Morgan fingerprint density at radius 1 is 1.23 bits per heavy atom. The Kier molecular flexibility index (Phi) is 5.04. The molecule has 116 valence electrons. The van der Waals surface area contributed by atoms with Gasteiger partial charge in [0.2, 0.25) is 0 Å². The van der Waals surface area contributed by atoms with E-state index < -0.39 is 10.0 Å². The minimum absolute atomic E-state index is 0.0535. The number of phenols is 1. The lowest BCUT2D eigenvalue weighted by Crippen LogP contribution is -2.18. The predicted molar refractivity (Wildman–Crippen MR) is 86.7 cm³/mol. The number of methoxy groups -OCH3 is 1. The molecule has 0 saturated carbocycles. The SMILES string of the molecule is COc1ccc(/C=N\NS(=O)(=O)c2ccc(Br)cc2)cc1O. The third kappa shape index (κ3) is 3.99. The van der Waals surface area contributed by atoms with Gasteiger partial charge in [0.25, 0.3) is 10.0 Å². The summed E-state index contributed by atoms with van der Waals surface area (Å²) in [5.41, 5.74) is 0.525. The maximum Gasteiger partial charge on any atom is 0.276 e. The summed E-state index contributed by atoms with van der Waals surface area (Å²) in [7, 11) is -2.29. The summed E-state index contributed by atoms with van der Waals surface area (Å²) >= 11 is 3.24. The van der Waals surface area contributed by atoms with Crippen molar-refractivity contribution in [2.75, 3.05) is 7.11 Å². The summed E-state index contributed by atoms with van der Waals surface area (Å²) in [6.07, 6.45) is 1.29. The highest BCUT2D eigenvalue weighted by Gasteiger charge is 2.11. The van der Waals surface area contributed by atoms with E-state index in [0.717, 1.165) is 4.47 Å². The number of nitrogens with zero attached hydrogens (tertiary/aromatic N) is 1. The predicted octanol–water partition coefficient (Wildman–Crippen LogP) is 2.48. The summed E-state index contributed by atoms with van der Waals surface area (Å²) in [5, 5.41) is 13.3. The van der Waals surface area contributed by atoms with Crippen LogP contribution < -0.4 is 9.57 Å². The second-order valence-corrected chi connectivity index (χ2v) is 6.81. The van der Waals surface area contributed by atoms with Gasteiger partial charge in [-0.1, -0.05) is 15.9 Å². The molecule has 0 atom stereocenters. The van der Waals surface area contributed by atoms with Crippen molar-refractivity contribution in [2.45, 2.75) is 4.90 Å². The second kappa shape index (κ2) is 6.80. The van der Waals surface area contributed by atoms with Crippen molar-refractivity contribution in [3.63, 3.8) is 0 Å². The monoisotopic (exact) mass is 384 g/mol. The van der Waals surface area contributed by atoms with Gasteiger partial charge in [0.05, 0.1) is 18.2 Å². The number of hydrazone groups is 1. The largest absolute Gasteiger partial charge is 0.504 e. The van der Waals surface area contributed by atoms with Crippen LogP contribution in [0.25, 0.3) is 0 Å². The topological polar surface area (TPSA) is 88.0 Å². The zero-order valence-corrected chi connectivity index (χ0v) is 13.9. The number of phenolic OH excluding ortho intramolecular Hbond substituents is 1. The number of rotatable bonds is 5. The average Bonchev–Trinajstić information content (AvgIpc) is 2.48. The van der Waals surface area contributed by atoms with E-state index in [9.17, 15) is 13.5 Å². The lowest BCUT2D eigenvalue weighted by Gasteiger charge is -2.04. The first-order valence-electron chi connectivity index (χ1n) is 6.10. The molecule has 0 heterocycles. The second-order valence-electron chi connectivity index (χ2n) is 4.24. The van der Waals surface area contributed by atoms with Gasteiger partial charge in [0, 0.05) is 4.47 Å². The van der Waals surface area contributed by atoms with Crippen molar-refractivity contribution < 1.29 is 18.3 Å². The number of ether oxygens (including phenoxy) is 1. The van der Waals surface area contributed by atoms with Crippen LogP contribution in [-0.4, -0.2) is 26.8 Å². The molecule has 2 N–H and O–H groups in total. The molecule has 0 unspecified atom stereocenters. The van der Waals surface area contributed by atoms with Crippen LogP contribution in [0.2, 0.25) is 0 Å². The molecule has 2 aromatic carbocycles. The van der Waals surface area contributed by atoms with Crippen LogP contribution in [0.3, 0.4) is 0 Å². The quantitative estimate of drug-likeness (QED) is 0.612. The molecular weight excluding hydrogens is 372 g/mol. The van der Waals surface area contributed by atoms with Gasteiger partial charge in [-0.15, -0.1) is 0 Å². The van der Waals surface area contributed by atoms with Crippen molar-refractivity contribution in [2.24, 2.45) is 5.10 Å². The molecule has 0 spiro atoms. The van der Waals surface area contributed by atoms with E-state index in [-0.39, 0.29) is 10.6 Å². The fraction of sp³-hybridized carbons (Fsp3) is 0.0714. The Morgan fingerprint density at radius 2 is 1.91 bits per heavy atom. The number of hydrogen-bond acceptors (Lipinski definition) is 5. The Hall–Kier alpha value is -2.06. The van der Waals surface area contributed by atoms with Crippen molar-refractivity contribution in [1.29, 1.82) is 0 Å². The molecular formula is C14H13BrN2O4S. The minimum Gasteiger partial charge on any atom is -0.504 e. The number of aromatic hydroxyl groups is 1. The molecule has 0 aliphatic rings. The highest BCUT2D eigenvalue weighted by Crippen LogP contribution is 2.25. The first kappa shape index (κ1) is 16.3. The van der Waals surface area contributed by atoms with Crippen molar-refractivity contribution in [3.05, 3.63) is 52.5 Å². The smallest absolute Gasteiger partial charge is 0.276 e. The average molecular weight is 385 g/mol. The third-order valence-electron chi connectivity index (χ3n) is 2.71. The zero-order chi connectivity index (χ0) is 16.2. The number of halogens is 1. The number of hydrogen-bond donors (Lipinski definition) is 2. The van der Waals surface area contributed by atoms with Gasteiger partial charge in [-0.3, -0.25) is 0 Å². The molecule has 0 radical (unpaired) electrons. The number of nitrogens with one attached hydrogen (secondary N) is 1. The Morgan fingerprint density at radius 3 is 2.50 bits per heavy atom. The van der Waals surface area contributed by atoms with Crippen molar-refractivity contribution >= 4 is 32.2 Å². The Labute approximate surface area is 136 Å². The van der Waals surface area contributed by atoms with E-state index in [0.29, 0.717) is 11.3 Å². The molecule has 22 heavy (non-hydrogen) atoms. The van der Waals surface area contributed by atoms with E-state index in [4.69, 9.17) is 4.74 Å². The molecule has 0 aromatic heterocycles. The summed E-state index contributed by atoms with van der Waals surface area (Å²) in [5.74, 6) is 0.273. The van der Waals surface area contributed by atoms with E-state index >= 15 is 0 Å². The van der Waals surface area contributed by atoms with Crippen LogP contribution in [0, 0.1) is 0 Å². The van der Waals surface area contributed by atoms with Gasteiger partial charge in [-0.05, 0) is 48.0 Å². The van der Waals surface area contributed by atoms with E-state index in [1.165, 1.54) is 31.5 Å². The molecule has 8 heteroatoms. The molecule has 2 aromatic rings. The van der Waals surface area contributed by atoms with Gasteiger partial charge in [-0.2, -0.15) is 13.5 Å². The van der Waals surface area contributed by atoms with Gasteiger partial charge in [0.1, 0.15) is 0 Å². The maximum atomic E-state index is 12.0. The fourth-order valence-corrected chi connectivity index (χ4v) is 2.68. The summed E-state index contributed by atoms with van der Waals surface area (Å²) in [6.45, 7) is 0. The van der Waals surface area contributed by atoms with Crippen molar-refractivity contribution in [1.82, 2.24) is 4.83 Å². The molecule has 0 fully saturated rings. The van der Waals surface area contributed by atoms with Crippen LogP contribution >= 0.6 is 15.9 Å². The van der Waals surface area contributed by atoms with E-state index in [2.05, 4.69) is 25.9 Å². The van der Waals surface area contributed by atoms with Gasteiger partial charge < -0.3 is 9.84 Å². The molecule has 0 amide bonds. The van der Waals surface area contributed by atoms with Crippen molar-refractivity contribution in [3.8, 4) is 11.5 Å². The third-order valence-corrected chi connectivity index (χ3v) is 4.48. The minimum atomic E-state index is -3.73. The van der Waals surface area contributed by atoms with Crippen LogP contribution in [0.4, 0.5) is 0 Å². The molecule has 0 aliphatic carbocycles. The summed E-state index contributed by atoms with van der Waals surface area (Å²) in [4.78, 5) is 2.21. The van der Waals surface area contributed by atoms with Crippen LogP contribution in [0.1, 0.15) is 5.56 Å². The normalized spacial score (nSPS) is 11.5. The van der Waals surface area contributed by atoms with Crippen LogP contribution in [0.5, 0.6) is 11.5 Å². The first-order valence-corrected chi connectivity index (χ1v) is 8.37. The molecule has 0 bridgehead atoms. The molecule has 0 saturated heterocycles. The Bertz CT molecular complexity index is 789. The summed E-state index contributed by atoms with van der Waals surface area (Å²) in [6, 6.07) is 10.8. The van der Waals surface area contributed by atoms with Gasteiger partial charge in [-0.25, -0.2) is 4.83 Å². The lowest BCUT2D eigenvalue weighted by atomic mass is 10.2. The Balaban J connectivity index is 2.11. The van der Waals surface area contributed by atoms with E-state index in [1.807, 2.05) is 0 Å².